The van der Waals surface area contributed by atoms with E-state index in [1.54, 1.807) is 7.11 Å². The Morgan fingerprint density at radius 2 is 1.96 bits per heavy atom. The Bertz CT molecular complexity index is 909. The van der Waals surface area contributed by atoms with Crippen LogP contribution in [0.15, 0.2) is 53.3 Å². The number of piperidine rings is 1. The van der Waals surface area contributed by atoms with Crippen molar-refractivity contribution in [1.29, 1.82) is 0 Å². The maximum absolute atomic E-state index is 12.7. The summed E-state index contributed by atoms with van der Waals surface area (Å²) in [5.41, 5.74) is 3.79. The van der Waals surface area contributed by atoms with Gasteiger partial charge in [-0.2, -0.15) is 0 Å². The third-order valence-electron chi connectivity index (χ3n) is 5.45. The van der Waals surface area contributed by atoms with Gasteiger partial charge in [-0.25, -0.2) is 4.98 Å². The second-order valence-corrected chi connectivity index (χ2v) is 7.11. The van der Waals surface area contributed by atoms with Crippen LogP contribution in [0.25, 0.3) is 11.1 Å². The molecule has 27 heavy (non-hydrogen) atoms. The van der Waals surface area contributed by atoms with Crippen molar-refractivity contribution in [3.8, 4) is 5.75 Å². The minimum Gasteiger partial charge on any atom is -0.497 e. The van der Waals surface area contributed by atoms with E-state index in [0.717, 1.165) is 61.3 Å². The highest BCUT2D eigenvalue weighted by Gasteiger charge is 2.25. The van der Waals surface area contributed by atoms with Gasteiger partial charge in [0.25, 0.3) is 0 Å². The molecule has 0 spiro atoms. The molecule has 0 unspecified atom stereocenters. The van der Waals surface area contributed by atoms with Gasteiger partial charge in [-0.15, -0.1) is 0 Å². The predicted molar refractivity (Wildman–Crippen MR) is 104 cm³/mol. The molecule has 2 aromatic carbocycles. The standard InChI is InChI=1S/C22H24N2O3/c1-26-19-5-3-17(4-6-19)22(25)18-9-12-24(13-10-18)11-8-16-2-7-20-21(14-16)27-15-23-20/h2-7,14-15,18H,8-13H2,1H3. The lowest BCUT2D eigenvalue weighted by Gasteiger charge is -2.31. The molecule has 0 radical (unpaired) electrons. The minimum atomic E-state index is 0.125. The molecule has 0 saturated carbocycles. The quantitative estimate of drug-likeness (QED) is 0.620. The number of hydrogen-bond donors (Lipinski definition) is 0. The summed E-state index contributed by atoms with van der Waals surface area (Å²) in [7, 11) is 1.64. The van der Waals surface area contributed by atoms with Crippen molar-refractivity contribution in [2.24, 2.45) is 5.92 Å². The Hall–Kier alpha value is -2.66. The van der Waals surface area contributed by atoms with Crippen molar-refractivity contribution in [1.82, 2.24) is 9.88 Å². The van der Waals surface area contributed by atoms with Crippen LogP contribution in [0, 0.1) is 5.92 Å². The number of methoxy groups -OCH3 is 1. The molecule has 1 fully saturated rings. The molecule has 0 amide bonds. The van der Waals surface area contributed by atoms with E-state index >= 15 is 0 Å². The Morgan fingerprint density at radius 1 is 1.19 bits per heavy atom. The SMILES string of the molecule is COc1ccc(C(=O)C2CCN(CCc3ccc4ncoc4c3)CC2)cc1. The van der Waals surface area contributed by atoms with Gasteiger partial charge in [-0.05, 0) is 74.3 Å². The van der Waals surface area contributed by atoms with E-state index in [9.17, 15) is 4.79 Å². The highest BCUT2D eigenvalue weighted by molar-refractivity contribution is 5.98. The Balaban J connectivity index is 1.28. The number of rotatable bonds is 6. The summed E-state index contributed by atoms with van der Waals surface area (Å²) >= 11 is 0. The lowest BCUT2D eigenvalue weighted by atomic mass is 9.88. The fourth-order valence-electron chi connectivity index (χ4n) is 3.75. The zero-order chi connectivity index (χ0) is 18.6. The molecule has 1 saturated heterocycles. The van der Waals surface area contributed by atoms with Gasteiger partial charge in [-0.1, -0.05) is 6.07 Å². The van der Waals surface area contributed by atoms with Crippen LogP contribution < -0.4 is 4.74 Å². The Morgan fingerprint density at radius 3 is 2.70 bits per heavy atom. The number of ketones is 1. The molecular formula is C22H24N2O3. The van der Waals surface area contributed by atoms with Crippen LogP contribution in [0.2, 0.25) is 0 Å². The van der Waals surface area contributed by atoms with Gasteiger partial charge in [0.15, 0.2) is 17.8 Å². The third kappa shape index (κ3) is 4.03. The summed E-state index contributed by atoms with van der Waals surface area (Å²) in [6, 6.07) is 13.6. The van der Waals surface area contributed by atoms with E-state index in [-0.39, 0.29) is 11.7 Å². The third-order valence-corrected chi connectivity index (χ3v) is 5.45. The van der Waals surface area contributed by atoms with Gasteiger partial charge < -0.3 is 14.1 Å². The summed E-state index contributed by atoms with van der Waals surface area (Å²) in [5.74, 6) is 1.16. The average Bonchev–Trinajstić information content (AvgIpc) is 3.20. The molecule has 0 N–H and O–H groups in total. The highest BCUT2D eigenvalue weighted by atomic mass is 16.5. The van der Waals surface area contributed by atoms with Gasteiger partial charge in [0.05, 0.1) is 7.11 Å². The number of ether oxygens (including phenoxy) is 1. The minimum absolute atomic E-state index is 0.125. The molecular weight excluding hydrogens is 340 g/mol. The predicted octanol–water partition coefficient (Wildman–Crippen LogP) is 3.97. The smallest absolute Gasteiger partial charge is 0.181 e. The summed E-state index contributed by atoms with van der Waals surface area (Å²) < 4.78 is 10.5. The number of Topliss-reactive ketones (excluding diaryl/α,β-unsaturated/α-hetero) is 1. The lowest BCUT2D eigenvalue weighted by Crippen LogP contribution is -2.37. The van der Waals surface area contributed by atoms with Crippen molar-refractivity contribution in [2.45, 2.75) is 19.3 Å². The van der Waals surface area contributed by atoms with Crippen molar-refractivity contribution in [3.05, 3.63) is 60.0 Å². The molecule has 0 bridgehead atoms. The molecule has 3 aromatic rings. The second kappa shape index (κ2) is 7.92. The molecule has 5 nitrogen and oxygen atoms in total. The van der Waals surface area contributed by atoms with Gasteiger partial charge in [0, 0.05) is 18.0 Å². The lowest BCUT2D eigenvalue weighted by molar-refractivity contribution is 0.0841. The molecule has 0 atom stereocenters. The Kier molecular flexibility index (Phi) is 5.21. The van der Waals surface area contributed by atoms with Gasteiger partial charge >= 0.3 is 0 Å². The molecule has 5 heteroatoms. The normalized spacial score (nSPS) is 15.9. The van der Waals surface area contributed by atoms with Crippen molar-refractivity contribution < 1.29 is 13.9 Å². The van der Waals surface area contributed by atoms with Crippen molar-refractivity contribution in [2.75, 3.05) is 26.7 Å². The van der Waals surface area contributed by atoms with E-state index in [2.05, 4.69) is 22.0 Å². The molecule has 0 aliphatic carbocycles. The van der Waals surface area contributed by atoms with Crippen LogP contribution in [0.4, 0.5) is 0 Å². The molecule has 140 valence electrons. The van der Waals surface area contributed by atoms with E-state index in [0.29, 0.717) is 0 Å². The Labute approximate surface area is 158 Å². The summed E-state index contributed by atoms with van der Waals surface area (Å²) in [6.45, 7) is 2.94. The molecule has 2 heterocycles. The second-order valence-electron chi connectivity index (χ2n) is 7.11. The molecule has 1 aliphatic rings. The number of oxazole rings is 1. The highest BCUT2D eigenvalue weighted by Crippen LogP contribution is 2.23. The average molecular weight is 364 g/mol. The van der Waals surface area contributed by atoms with Crippen molar-refractivity contribution in [3.63, 3.8) is 0 Å². The number of carbonyl (C=O) groups excluding carboxylic acids is 1. The fourth-order valence-corrected chi connectivity index (χ4v) is 3.75. The molecule has 4 rings (SSSR count). The van der Waals surface area contributed by atoms with Crippen LogP contribution in [0.3, 0.4) is 0 Å². The summed E-state index contributed by atoms with van der Waals surface area (Å²) in [5, 5.41) is 0. The monoisotopic (exact) mass is 364 g/mol. The van der Waals surface area contributed by atoms with E-state index in [4.69, 9.17) is 9.15 Å². The zero-order valence-corrected chi connectivity index (χ0v) is 15.6. The molecule has 1 aliphatic heterocycles. The molecule has 1 aromatic heterocycles. The van der Waals surface area contributed by atoms with Gasteiger partial charge in [0.1, 0.15) is 11.3 Å². The number of carbonyl (C=O) groups is 1. The topological polar surface area (TPSA) is 55.6 Å². The van der Waals surface area contributed by atoms with Crippen LogP contribution in [-0.4, -0.2) is 42.4 Å². The van der Waals surface area contributed by atoms with Crippen LogP contribution >= 0.6 is 0 Å². The first kappa shape index (κ1) is 17.7. The first-order chi connectivity index (χ1) is 13.2. The van der Waals surface area contributed by atoms with Gasteiger partial charge in [-0.3, -0.25) is 4.79 Å². The zero-order valence-electron chi connectivity index (χ0n) is 15.6. The summed E-state index contributed by atoms with van der Waals surface area (Å²) in [6.07, 6.45) is 4.31. The number of likely N-dealkylation sites (tertiary alicyclic amines) is 1. The maximum Gasteiger partial charge on any atom is 0.181 e. The first-order valence-electron chi connectivity index (χ1n) is 9.45. The number of benzene rings is 2. The van der Waals surface area contributed by atoms with Crippen LogP contribution in [0.1, 0.15) is 28.8 Å². The summed E-state index contributed by atoms with van der Waals surface area (Å²) in [4.78, 5) is 19.3. The first-order valence-corrected chi connectivity index (χ1v) is 9.45. The van der Waals surface area contributed by atoms with Crippen LogP contribution in [0.5, 0.6) is 5.75 Å². The van der Waals surface area contributed by atoms with E-state index in [1.807, 2.05) is 30.3 Å². The number of nitrogens with zero attached hydrogens (tertiary/aromatic N) is 2. The van der Waals surface area contributed by atoms with E-state index in [1.165, 1.54) is 12.0 Å². The van der Waals surface area contributed by atoms with Crippen molar-refractivity contribution >= 4 is 16.9 Å². The largest absolute Gasteiger partial charge is 0.497 e. The fraction of sp³-hybridized carbons (Fsp3) is 0.364. The number of hydrogen-bond acceptors (Lipinski definition) is 5. The van der Waals surface area contributed by atoms with Crippen LogP contribution in [-0.2, 0) is 6.42 Å². The van der Waals surface area contributed by atoms with E-state index < -0.39 is 0 Å². The van der Waals surface area contributed by atoms with Gasteiger partial charge in [0.2, 0.25) is 0 Å². The maximum atomic E-state index is 12.7. The number of fused-ring (bicyclic) bond motifs is 1. The number of aromatic nitrogens is 1.